The second-order valence-electron chi connectivity index (χ2n) is 7.82. The smallest absolute Gasteiger partial charge is 0.333 e. The van der Waals surface area contributed by atoms with Crippen molar-refractivity contribution in [2.24, 2.45) is 0 Å². The minimum atomic E-state index is -4.76. The van der Waals surface area contributed by atoms with E-state index in [0.29, 0.717) is 22.5 Å². The van der Waals surface area contributed by atoms with Gasteiger partial charge in [-0.05, 0) is 32.3 Å². The lowest BCUT2D eigenvalue weighted by molar-refractivity contribution is -0.148. The number of carbonyl (C=O) groups is 1. The first-order chi connectivity index (χ1) is 14.7. The summed E-state index contributed by atoms with van der Waals surface area (Å²) in [5, 5.41) is 0.452. The number of hydrogen-bond donors (Lipinski definition) is 0. The molecule has 164 valence electrons. The van der Waals surface area contributed by atoms with Gasteiger partial charge >= 0.3 is 6.18 Å². The van der Waals surface area contributed by atoms with E-state index in [9.17, 15) is 22.8 Å². The number of nitrogens with zero attached hydrogens (tertiary/aromatic N) is 4. The number of amides is 1. The van der Waals surface area contributed by atoms with Gasteiger partial charge in [-0.15, -0.1) is 0 Å². The van der Waals surface area contributed by atoms with Crippen LogP contribution >= 0.6 is 11.3 Å². The maximum Gasteiger partial charge on any atom is 0.449 e. The number of likely N-dealkylation sites (tertiary alicyclic amines) is 1. The Balaban J connectivity index is 1.71. The standard InChI is InChI=1S/C21H21F3N4O2S/c1-12(2)28-19(30)16-18(26-20(28)21(22,23)24)31-17(25-16)14-9-6-10-27(14)15(29)11-13-7-4-3-5-8-13/h3-5,7-8,12,14H,6,9-11H2,1-2H3/t14-/m1/s1. The summed E-state index contributed by atoms with van der Waals surface area (Å²) in [6.07, 6.45) is -3.12. The summed E-state index contributed by atoms with van der Waals surface area (Å²) in [5.74, 6) is -1.30. The van der Waals surface area contributed by atoms with Gasteiger partial charge in [0.2, 0.25) is 11.7 Å². The summed E-state index contributed by atoms with van der Waals surface area (Å²) >= 11 is 0.957. The number of benzene rings is 1. The maximum atomic E-state index is 13.5. The lowest BCUT2D eigenvalue weighted by atomic mass is 10.1. The number of aromatic nitrogens is 3. The Morgan fingerprint density at radius 1 is 1.23 bits per heavy atom. The van der Waals surface area contributed by atoms with Gasteiger partial charge in [0, 0.05) is 12.6 Å². The third-order valence-electron chi connectivity index (χ3n) is 5.31. The zero-order valence-electron chi connectivity index (χ0n) is 17.0. The van der Waals surface area contributed by atoms with Crippen LogP contribution in [0.25, 0.3) is 10.3 Å². The first-order valence-electron chi connectivity index (χ1n) is 10.0. The highest BCUT2D eigenvalue weighted by molar-refractivity contribution is 7.18. The van der Waals surface area contributed by atoms with Gasteiger partial charge in [-0.3, -0.25) is 14.2 Å². The van der Waals surface area contributed by atoms with Crippen LogP contribution in [0.3, 0.4) is 0 Å². The Morgan fingerprint density at radius 3 is 2.58 bits per heavy atom. The molecule has 1 atom stereocenters. The molecule has 1 aromatic carbocycles. The van der Waals surface area contributed by atoms with Crippen molar-refractivity contribution in [3.63, 3.8) is 0 Å². The van der Waals surface area contributed by atoms with Crippen molar-refractivity contribution in [1.82, 2.24) is 19.4 Å². The minimum Gasteiger partial charge on any atom is -0.333 e. The average molecular weight is 450 g/mol. The molecule has 31 heavy (non-hydrogen) atoms. The largest absolute Gasteiger partial charge is 0.449 e. The fraction of sp³-hybridized carbons (Fsp3) is 0.429. The van der Waals surface area contributed by atoms with Crippen LogP contribution in [0.2, 0.25) is 0 Å². The lowest BCUT2D eigenvalue weighted by Crippen LogP contribution is -2.32. The maximum absolute atomic E-state index is 13.5. The fourth-order valence-electron chi connectivity index (χ4n) is 3.92. The molecule has 0 saturated carbocycles. The Labute approximate surface area is 180 Å². The second kappa shape index (κ2) is 8.07. The first kappa shape index (κ1) is 21.5. The summed E-state index contributed by atoms with van der Waals surface area (Å²) in [5.41, 5.74) is -0.00204. The van der Waals surface area contributed by atoms with E-state index in [1.807, 2.05) is 30.3 Å². The molecule has 1 aliphatic heterocycles. The molecule has 0 spiro atoms. The Morgan fingerprint density at radius 2 is 1.94 bits per heavy atom. The summed E-state index contributed by atoms with van der Waals surface area (Å²) in [4.78, 5) is 35.5. The predicted octanol–water partition coefficient (Wildman–Crippen LogP) is 4.36. The van der Waals surface area contributed by atoms with Crippen LogP contribution in [0.15, 0.2) is 35.1 Å². The van der Waals surface area contributed by atoms with Crippen molar-refractivity contribution in [3.8, 4) is 0 Å². The van der Waals surface area contributed by atoms with E-state index < -0.39 is 23.6 Å². The predicted molar refractivity (Wildman–Crippen MR) is 111 cm³/mol. The highest BCUT2D eigenvalue weighted by Gasteiger charge is 2.39. The zero-order valence-corrected chi connectivity index (χ0v) is 17.8. The molecular weight excluding hydrogens is 429 g/mol. The van der Waals surface area contributed by atoms with Gasteiger partial charge in [-0.1, -0.05) is 41.7 Å². The zero-order chi connectivity index (χ0) is 22.3. The molecule has 1 saturated heterocycles. The molecule has 6 nitrogen and oxygen atoms in total. The molecule has 3 aromatic rings. The average Bonchev–Trinajstić information content (AvgIpc) is 3.34. The molecule has 3 heterocycles. The molecule has 0 aliphatic carbocycles. The van der Waals surface area contributed by atoms with Gasteiger partial charge in [-0.25, -0.2) is 9.97 Å². The van der Waals surface area contributed by atoms with Crippen molar-refractivity contribution in [1.29, 1.82) is 0 Å². The number of rotatable bonds is 4. The highest BCUT2D eigenvalue weighted by Crippen LogP contribution is 2.37. The van der Waals surface area contributed by atoms with E-state index in [-0.39, 0.29) is 28.7 Å². The number of halogens is 3. The van der Waals surface area contributed by atoms with Crippen molar-refractivity contribution in [2.75, 3.05) is 6.54 Å². The summed E-state index contributed by atoms with van der Waals surface area (Å²) < 4.78 is 41.2. The summed E-state index contributed by atoms with van der Waals surface area (Å²) in [6, 6.07) is 8.26. The molecule has 2 aromatic heterocycles. The third-order valence-corrected chi connectivity index (χ3v) is 6.36. The van der Waals surface area contributed by atoms with Gasteiger partial charge in [0.05, 0.1) is 12.5 Å². The molecule has 0 N–H and O–H groups in total. The van der Waals surface area contributed by atoms with E-state index in [1.165, 1.54) is 13.8 Å². The van der Waals surface area contributed by atoms with Crippen LogP contribution in [0, 0.1) is 0 Å². The number of carbonyl (C=O) groups excluding carboxylic acids is 1. The Hall–Kier alpha value is -2.75. The number of fused-ring (bicyclic) bond motifs is 1. The number of alkyl halides is 3. The monoisotopic (exact) mass is 450 g/mol. The van der Waals surface area contributed by atoms with Gasteiger partial charge in [-0.2, -0.15) is 13.2 Å². The van der Waals surface area contributed by atoms with Gasteiger partial charge < -0.3 is 4.90 Å². The van der Waals surface area contributed by atoms with Crippen LogP contribution in [-0.2, 0) is 17.4 Å². The molecule has 0 unspecified atom stereocenters. The SMILES string of the molecule is CC(C)n1c(C(F)(F)F)nc2sc([C@H]3CCCN3C(=O)Cc3ccccc3)nc2c1=O. The number of thiazole rings is 1. The highest BCUT2D eigenvalue weighted by atomic mass is 32.1. The van der Waals surface area contributed by atoms with Crippen molar-refractivity contribution >= 4 is 27.6 Å². The Kier molecular flexibility index (Phi) is 5.59. The molecule has 4 rings (SSSR count). The van der Waals surface area contributed by atoms with Crippen LogP contribution in [0.1, 0.15) is 55.2 Å². The van der Waals surface area contributed by atoms with E-state index >= 15 is 0 Å². The van der Waals surface area contributed by atoms with E-state index in [1.54, 1.807) is 4.90 Å². The Bertz CT molecular complexity index is 1170. The lowest BCUT2D eigenvalue weighted by Gasteiger charge is -2.23. The quantitative estimate of drug-likeness (QED) is 0.592. The van der Waals surface area contributed by atoms with Crippen LogP contribution in [-0.4, -0.2) is 31.9 Å². The normalized spacial score (nSPS) is 17.1. The van der Waals surface area contributed by atoms with Crippen molar-refractivity contribution in [3.05, 3.63) is 57.1 Å². The van der Waals surface area contributed by atoms with E-state index in [2.05, 4.69) is 9.97 Å². The van der Waals surface area contributed by atoms with Crippen molar-refractivity contribution in [2.45, 2.75) is 51.4 Å². The van der Waals surface area contributed by atoms with Crippen LogP contribution in [0.5, 0.6) is 0 Å². The van der Waals surface area contributed by atoms with E-state index in [0.717, 1.165) is 23.3 Å². The molecule has 1 amide bonds. The van der Waals surface area contributed by atoms with Crippen LogP contribution < -0.4 is 5.56 Å². The fourth-order valence-corrected chi connectivity index (χ4v) is 5.00. The molecule has 10 heteroatoms. The molecule has 1 aliphatic rings. The van der Waals surface area contributed by atoms with Gasteiger partial charge in [0.25, 0.3) is 5.56 Å². The van der Waals surface area contributed by atoms with E-state index in [4.69, 9.17) is 0 Å². The number of hydrogen-bond acceptors (Lipinski definition) is 5. The first-order valence-corrected chi connectivity index (χ1v) is 10.8. The molecule has 0 radical (unpaired) electrons. The molecule has 0 bridgehead atoms. The van der Waals surface area contributed by atoms with Gasteiger partial charge in [0.1, 0.15) is 5.01 Å². The third kappa shape index (κ3) is 4.08. The van der Waals surface area contributed by atoms with Crippen molar-refractivity contribution < 1.29 is 18.0 Å². The summed E-state index contributed by atoms with van der Waals surface area (Å²) in [7, 11) is 0. The molecule has 1 fully saturated rings. The molecular formula is C21H21F3N4O2S. The second-order valence-corrected chi connectivity index (χ2v) is 8.82. The van der Waals surface area contributed by atoms with Crippen LogP contribution in [0.4, 0.5) is 13.2 Å². The van der Waals surface area contributed by atoms with Gasteiger partial charge in [0.15, 0.2) is 10.3 Å². The minimum absolute atomic E-state index is 0.0495. The summed E-state index contributed by atoms with van der Waals surface area (Å²) in [6.45, 7) is 3.54. The topological polar surface area (TPSA) is 68.1 Å².